The van der Waals surface area contributed by atoms with Gasteiger partial charge in [-0.2, -0.15) is 0 Å². The molecule has 34 heavy (non-hydrogen) atoms. The first-order valence-corrected chi connectivity index (χ1v) is 9.83. The van der Waals surface area contributed by atoms with Crippen LogP contribution < -0.4 is 4.74 Å². The molecular formula is C21H20O13. The number of aromatic hydroxyl groups is 5. The Hall–Kier alpha value is -3.94. The van der Waals surface area contributed by atoms with Gasteiger partial charge in [0.2, 0.25) is 5.75 Å². The number of hydrogen-bond acceptors (Lipinski definition) is 13. The molecule has 2 aliphatic heterocycles. The van der Waals surface area contributed by atoms with Crippen LogP contribution in [0.1, 0.15) is 32.4 Å². The molecule has 2 aliphatic rings. The fourth-order valence-corrected chi connectivity index (χ4v) is 3.98. The molecule has 7 N–H and O–H groups in total. The highest BCUT2D eigenvalue weighted by atomic mass is 16.6. The SMILES string of the molecule is COc1c(O)cc2c(c1O)[C@H]1OC(CO)C(O)C(OC(=O)c3cc(O)c(O)c(O)c3)[C@@H]1OC2=O. The zero-order valence-corrected chi connectivity index (χ0v) is 17.4. The van der Waals surface area contributed by atoms with Crippen molar-refractivity contribution >= 4 is 11.9 Å². The number of phenols is 5. The van der Waals surface area contributed by atoms with Gasteiger partial charge in [-0.3, -0.25) is 0 Å². The summed E-state index contributed by atoms with van der Waals surface area (Å²) < 4.78 is 21.2. The lowest BCUT2D eigenvalue weighted by molar-refractivity contribution is -0.235. The molecule has 5 atom stereocenters. The van der Waals surface area contributed by atoms with Crippen molar-refractivity contribution in [3.05, 3.63) is 34.9 Å². The van der Waals surface area contributed by atoms with E-state index in [1.807, 2.05) is 0 Å². The number of methoxy groups -OCH3 is 1. The molecule has 3 unspecified atom stereocenters. The van der Waals surface area contributed by atoms with Gasteiger partial charge in [-0.15, -0.1) is 0 Å². The summed E-state index contributed by atoms with van der Waals surface area (Å²) in [5.41, 5.74) is -0.869. The molecule has 2 heterocycles. The minimum atomic E-state index is -1.70. The number of ether oxygens (including phenoxy) is 4. The van der Waals surface area contributed by atoms with Crippen LogP contribution in [0.5, 0.6) is 34.5 Å². The van der Waals surface area contributed by atoms with Gasteiger partial charge in [0, 0.05) is 5.56 Å². The van der Waals surface area contributed by atoms with E-state index in [2.05, 4.69) is 0 Å². The second kappa shape index (κ2) is 8.44. The van der Waals surface area contributed by atoms with Crippen LogP contribution in [0.25, 0.3) is 0 Å². The van der Waals surface area contributed by atoms with Crippen molar-refractivity contribution in [2.75, 3.05) is 13.7 Å². The molecule has 13 nitrogen and oxygen atoms in total. The molecule has 0 saturated carbocycles. The van der Waals surface area contributed by atoms with E-state index in [1.54, 1.807) is 0 Å². The zero-order chi connectivity index (χ0) is 24.9. The van der Waals surface area contributed by atoms with Crippen LogP contribution in [-0.4, -0.2) is 85.8 Å². The largest absolute Gasteiger partial charge is 0.504 e. The first-order valence-electron chi connectivity index (χ1n) is 9.83. The Morgan fingerprint density at radius 2 is 1.68 bits per heavy atom. The van der Waals surface area contributed by atoms with Gasteiger partial charge in [0.25, 0.3) is 0 Å². The highest BCUT2D eigenvalue weighted by Crippen LogP contribution is 2.50. The van der Waals surface area contributed by atoms with Gasteiger partial charge in [-0.1, -0.05) is 0 Å². The third-order valence-electron chi connectivity index (χ3n) is 5.62. The van der Waals surface area contributed by atoms with Crippen LogP contribution in [0, 0.1) is 0 Å². The first kappa shape index (κ1) is 23.2. The number of carbonyl (C=O) groups excluding carboxylic acids is 2. The third kappa shape index (κ3) is 3.55. The van der Waals surface area contributed by atoms with E-state index in [0.717, 1.165) is 25.3 Å². The van der Waals surface area contributed by atoms with Gasteiger partial charge < -0.3 is 54.7 Å². The number of aliphatic hydroxyl groups is 2. The summed E-state index contributed by atoms with van der Waals surface area (Å²) >= 11 is 0. The van der Waals surface area contributed by atoms with Crippen molar-refractivity contribution in [3.8, 4) is 34.5 Å². The Bertz CT molecular complexity index is 1140. The van der Waals surface area contributed by atoms with Gasteiger partial charge in [-0.05, 0) is 18.2 Å². The van der Waals surface area contributed by atoms with Crippen LogP contribution in [-0.2, 0) is 14.2 Å². The summed E-state index contributed by atoms with van der Waals surface area (Å²) in [6.45, 7) is -0.752. The number of benzene rings is 2. The average Bonchev–Trinajstić information content (AvgIpc) is 2.79. The fraction of sp³-hybridized carbons (Fsp3) is 0.333. The Kier molecular flexibility index (Phi) is 5.77. The van der Waals surface area contributed by atoms with Crippen molar-refractivity contribution in [1.29, 1.82) is 0 Å². The quantitative estimate of drug-likeness (QED) is 0.223. The van der Waals surface area contributed by atoms with E-state index < -0.39 is 83.4 Å². The average molecular weight is 480 g/mol. The number of rotatable bonds is 4. The molecule has 0 amide bonds. The van der Waals surface area contributed by atoms with Crippen molar-refractivity contribution in [2.45, 2.75) is 30.5 Å². The van der Waals surface area contributed by atoms with Crippen molar-refractivity contribution in [3.63, 3.8) is 0 Å². The van der Waals surface area contributed by atoms with Crippen LogP contribution in [0.4, 0.5) is 0 Å². The van der Waals surface area contributed by atoms with Crippen molar-refractivity contribution < 1.29 is 64.3 Å². The van der Waals surface area contributed by atoms with E-state index in [9.17, 15) is 45.3 Å². The molecule has 4 rings (SSSR count). The van der Waals surface area contributed by atoms with Gasteiger partial charge in [0.05, 0.1) is 24.8 Å². The van der Waals surface area contributed by atoms with E-state index in [0.29, 0.717) is 0 Å². The lowest BCUT2D eigenvalue weighted by atomic mass is 9.86. The molecule has 2 aromatic carbocycles. The third-order valence-corrected chi connectivity index (χ3v) is 5.62. The summed E-state index contributed by atoms with van der Waals surface area (Å²) in [5.74, 6) is -6.32. The maximum atomic E-state index is 12.7. The highest BCUT2D eigenvalue weighted by Gasteiger charge is 2.54. The molecule has 13 heteroatoms. The van der Waals surface area contributed by atoms with E-state index in [4.69, 9.17) is 18.9 Å². The lowest BCUT2D eigenvalue weighted by Gasteiger charge is -2.45. The van der Waals surface area contributed by atoms with Crippen LogP contribution >= 0.6 is 0 Å². The van der Waals surface area contributed by atoms with Gasteiger partial charge in [0.15, 0.2) is 41.0 Å². The molecule has 0 bridgehead atoms. The minimum absolute atomic E-state index is 0.178. The molecule has 2 aromatic rings. The molecule has 1 fully saturated rings. The zero-order valence-electron chi connectivity index (χ0n) is 17.4. The normalized spacial score (nSPS) is 25.6. The summed E-state index contributed by atoms with van der Waals surface area (Å²) in [6.07, 6.45) is -7.57. The molecule has 182 valence electrons. The number of carbonyl (C=O) groups is 2. The standard InChI is InChI=1S/C21H20O13/c1-31-16-10(25)4-7-12(15(16)28)17-19(34-21(7)30)18(14(27)11(5-22)32-17)33-20(29)6-2-8(23)13(26)9(24)3-6/h2-4,11,14,17-19,22-28H,5H2,1H3/t11?,14?,17-,18?,19-/m1/s1. The Morgan fingerprint density at radius 1 is 1.03 bits per heavy atom. The maximum absolute atomic E-state index is 12.7. The van der Waals surface area contributed by atoms with E-state index in [-0.39, 0.29) is 16.9 Å². The van der Waals surface area contributed by atoms with E-state index >= 15 is 0 Å². The summed E-state index contributed by atoms with van der Waals surface area (Å²) in [5, 5.41) is 69.8. The number of phenolic OH excluding ortho intramolecular Hbond substituents is 5. The highest BCUT2D eigenvalue weighted by molar-refractivity contribution is 5.95. The number of aliphatic hydroxyl groups excluding tert-OH is 2. The molecule has 1 saturated heterocycles. The van der Waals surface area contributed by atoms with Gasteiger partial charge >= 0.3 is 11.9 Å². The van der Waals surface area contributed by atoms with Crippen LogP contribution in [0.2, 0.25) is 0 Å². The monoisotopic (exact) mass is 480 g/mol. The van der Waals surface area contributed by atoms with Gasteiger partial charge in [0.1, 0.15) is 18.3 Å². The predicted octanol–water partition coefficient (Wildman–Crippen LogP) is -0.219. The molecule has 0 spiro atoms. The lowest BCUT2D eigenvalue weighted by Crippen LogP contribution is -2.59. The minimum Gasteiger partial charge on any atom is -0.504 e. The maximum Gasteiger partial charge on any atom is 0.339 e. The van der Waals surface area contributed by atoms with Gasteiger partial charge in [-0.25, -0.2) is 9.59 Å². The molecule has 0 aliphatic carbocycles. The van der Waals surface area contributed by atoms with E-state index in [1.165, 1.54) is 0 Å². The molecular weight excluding hydrogens is 460 g/mol. The van der Waals surface area contributed by atoms with Crippen LogP contribution in [0.15, 0.2) is 18.2 Å². The second-order valence-electron chi connectivity index (χ2n) is 7.61. The van der Waals surface area contributed by atoms with Crippen molar-refractivity contribution in [1.82, 2.24) is 0 Å². The van der Waals surface area contributed by atoms with Crippen molar-refractivity contribution in [2.24, 2.45) is 0 Å². The molecule has 0 radical (unpaired) electrons. The smallest absolute Gasteiger partial charge is 0.339 e. The number of fused-ring (bicyclic) bond motifs is 3. The second-order valence-corrected chi connectivity index (χ2v) is 7.61. The summed E-state index contributed by atoms with van der Waals surface area (Å²) in [4.78, 5) is 25.3. The summed E-state index contributed by atoms with van der Waals surface area (Å²) in [6, 6.07) is 2.58. The molecule has 0 aromatic heterocycles. The Morgan fingerprint density at radius 3 is 2.26 bits per heavy atom. The first-order chi connectivity index (χ1) is 16.1. The summed E-state index contributed by atoms with van der Waals surface area (Å²) in [7, 11) is 1.16. The Labute approximate surface area is 190 Å². The number of esters is 2. The fourth-order valence-electron chi connectivity index (χ4n) is 3.98. The number of hydrogen-bond donors (Lipinski definition) is 7. The topological polar surface area (TPSA) is 213 Å². The Balaban J connectivity index is 1.75. The predicted molar refractivity (Wildman–Crippen MR) is 107 cm³/mol. The van der Waals surface area contributed by atoms with Crippen LogP contribution in [0.3, 0.4) is 0 Å².